The van der Waals surface area contributed by atoms with Crippen molar-refractivity contribution >= 4 is 21.7 Å². The van der Waals surface area contributed by atoms with E-state index in [-0.39, 0.29) is 17.4 Å². The first kappa shape index (κ1) is 17.2. The lowest BCUT2D eigenvalue weighted by atomic mass is 9.80. The SMILES string of the molecule is O=c1[nH]c2ccccc2c2c1[C@@H](c1cccc3ccccc13)[C@H](c1ccccc1)C2. The first-order valence-electron chi connectivity index (χ1n) is 10.5. The molecule has 1 aromatic heterocycles. The second-order valence-electron chi connectivity index (χ2n) is 8.16. The van der Waals surface area contributed by atoms with Crippen molar-refractivity contribution in [2.75, 3.05) is 0 Å². The van der Waals surface area contributed by atoms with Gasteiger partial charge >= 0.3 is 0 Å². The molecule has 1 aliphatic rings. The van der Waals surface area contributed by atoms with Crippen LogP contribution in [-0.4, -0.2) is 4.98 Å². The predicted molar refractivity (Wildman–Crippen MR) is 123 cm³/mol. The zero-order chi connectivity index (χ0) is 20.1. The van der Waals surface area contributed by atoms with Crippen LogP contribution in [0.5, 0.6) is 0 Å². The molecule has 0 fully saturated rings. The summed E-state index contributed by atoms with van der Waals surface area (Å²) in [5, 5.41) is 3.61. The van der Waals surface area contributed by atoms with Crippen LogP contribution in [0.3, 0.4) is 0 Å². The van der Waals surface area contributed by atoms with Crippen LogP contribution in [0.25, 0.3) is 21.7 Å². The van der Waals surface area contributed by atoms with Gasteiger partial charge in [0.25, 0.3) is 5.56 Å². The highest BCUT2D eigenvalue weighted by Crippen LogP contribution is 2.49. The Kier molecular flexibility index (Phi) is 3.85. The lowest BCUT2D eigenvalue weighted by Gasteiger charge is -2.22. The third-order valence-corrected chi connectivity index (χ3v) is 6.59. The van der Waals surface area contributed by atoms with Crippen molar-refractivity contribution in [2.45, 2.75) is 18.3 Å². The van der Waals surface area contributed by atoms with E-state index < -0.39 is 0 Å². The number of para-hydroxylation sites is 1. The van der Waals surface area contributed by atoms with Crippen LogP contribution in [-0.2, 0) is 6.42 Å². The third kappa shape index (κ3) is 2.54. The summed E-state index contributed by atoms with van der Waals surface area (Å²) >= 11 is 0. The Morgan fingerprint density at radius 3 is 2.27 bits per heavy atom. The number of aromatic amines is 1. The summed E-state index contributed by atoms with van der Waals surface area (Å²) in [6, 6.07) is 33.8. The van der Waals surface area contributed by atoms with Crippen LogP contribution < -0.4 is 5.56 Å². The van der Waals surface area contributed by atoms with Gasteiger partial charge in [0.05, 0.1) is 0 Å². The van der Waals surface area contributed by atoms with Crippen molar-refractivity contribution in [3.05, 3.63) is 130 Å². The van der Waals surface area contributed by atoms with Crippen molar-refractivity contribution in [3.63, 3.8) is 0 Å². The van der Waals surface area contributed by atoms with E-state index in [1.54, 1.807) is 0 Å². The van der Waals surface area contributed by atoms with E-state index in [0.29, 0.717) is 0 Å². The number of aromatic nitrogens is 1. The maximum atomic E-state index is 13.4. The van der Waals surface area contributed by atoms with Crippen molar-refractivity contribution < 1.29 is 0 Å². The minimum Gasteiger partial charge on any atom is -0.322 e. The molecule has 0 aliphatic heterocycles. The van der Waals surface area contributed by atoms with E-state index in [1.165, 1.54) is 27.5 Å². The number of nitrogens with one attached hydrogen (secondary N) is 1. The third-order valence-electron chi connectivity index (χ3n) is 6.59. The minimum absolute atomic E-state index is 0.0295. The molecule has 2 nitrogen and oxygen atoms in total. The quantitative estimate of drug-likeness (QED) is 0.387. The summed E-state index contributed by atoms with van der Waals surface area (Å²) in [7, 11) is 0. The fraction of sp³-hybridized carbons (Fsp3) is 0.107. The zero-order valence-corrected chi connectivity index (χ0v) is 16.5. The van der Waals surface area contributed by atoms with E-state index in [0.717, 1.165) is 22.9 Å². The van der Waals surface area contributed by atoms with Crippen molar-refractivity contribution in [1.29, 1.82) is 0 Å². The second-order valence-corrected chi connectivity index (χ2v) is 8.16. The second kappa shape index (κ2) is 6.70. The van der Waals surface area contributed by atoms with Crippen LogP contribution in [0.15, 0.2) is 102 Å². The molecule has 30 heavy (non-hydrogen) atoms. The molecule has 6 rings (SSSR count). The van der Waals surface area contributed by atoms with E-state index in [2.05, 4.69) is 89.9 Å². The van der Waals surface area contributed by atoms with Gasteiger partial charge in [-0.2, -0.15) is 0 Å². The maximum absolute atomic E-state index is 13.4. The number of rotatable bonds is 2. The molecular weight excluding hydrogens is 366 g/mol. The summed E-state index contributed by atoms with van der Waals surface area (Å²) < 4.78 is 0. The smallest absolute Gasteiger partial charge is 0.252 e. The molecule has 1 aliphatic carbocycles. The van der Waals surface area contributed by atoms with Gasteiger partial charge in [0.15, 0.2) is 0 Å². The number of pyridine rings is 1. The predicted octanol–water partition coefficient (Wildman–Crippen LogP) is 6.15. The highest BCUT2D eigenvalue weighted by molar-refractivity contribution is 5.89. The normalized spacial score (nSPS) is 18.0. The van der Waals surface area contributed by atoms with Crippen molar-refractivity contribution in [1.82, 2.24) is 4.98 Å². The van der Waals surface area contributed by atoms with Gasteiger partial charge in [-0.25, -0.2) is 0 Å². The van der Waals surface area contributed by atoms with Crippen molar-refractivity contribution in [3.8, 4) is 0 Å². The Labute approximate surface area is 174 Å². The summed E-state index contributed by atoms with van der Waals surface area (Å²) in [6.45, 7) is 0. The average Bonchev–Trinajstić information content (AvgIpc) is 3.21. The largest absolute Gasteiger partial charge is 0.322 e. The van der Waals surface area contributed by atoms with Crippen LogP contribution in [0.2, 0.25) is 0 Å². The van der Waals surface area contributed by atoms with E-state index in [9.17, 15) is 4.79 Å². The van der Waals surface area contributed by atoms with Gasteiger partial charge in [-0.15, -0.1) is 0 Å². The van der Waals surface area contributed by atoms with E-state index >= 15 is 0 Å². The standard InChI is InChI=1S/C28H21NO/c30-28-27-24(21-14-6-7-16-25(21)29-28)17-23(19-9-2-1-3-10-19)26(27)22-15-8-12-18-11-4-5-13-20(18)22/h1-16,23,26H,17H2,(H,29,30)/t23-,26-/m0/s1. The van der Waals surface area contributed by atoms with Crippen LogP contribution in [0.1, 0.15) is 34.1 Å². The minimum atomic E-state index is 0.0295. The molecule has 5 aromatic rings. The average molecular weight is 387 g/mol. The Balaban J connectivity index is 1.69. The molecule has 0 amide bonds. The Bertz CT molecular complexity index is 1440. The lowest BCUT2D eigenvalue weighted by Crippen LogP contribution is -2.18. The Morgan fingerprint density at radius 1 is 0.700 bits per heavy atom. The first-order valence-corrected chi connectivity index (χ1v) is 10.5. The number of H-pyrrole nitrogens is 1. The highest BCUT2D eigenvalue weighted by atomic mass is 16.1. The number of hydrogen-bond acceptors (Lipinski definition) is 1. The number of hydrogen-bond donors (Lipinski definition) is 1. The number of benzene rings is 4. The highest BCUT2D eigenvalue weighted by Gasteiger charge is 2.38. The van der Waals surface area contributed by atoms with Gasteiger partial charge in [-0.3, -0.25) is 4.79 Å². The molecule has 144 valence electrons. The molecule has 1 N–H and O–H groups in total. The molecule has 0 radical (unpaired) electrons. The van der Waals surface area contributed by atoms with Gasteiger partial charge in [-0.05, 0) is 45.9 Å². The van der Waals surface area contributed by atoms with Crippen LogP contribution in [0.4, 0.5) is 0 Å². The molecule has 0 bridgehead atoms. The maximum Gasteiger partial charge on any atom is 0.252 e. The van der Waals surface area contributed by atoms with Crippen LogP contribution in [0, 0.1) is 0 Å². The van der Waals surface area contributed by atoms with Crippen molar-refractivity contribution in [2.24, 2.45) is 0 Å². The molecule has 0 saturated carbocycles. The topological polar surface area (TPSA) is 32.9 Å². The van der Waals surface area contributed by atoms with E-state index in [1.807, 2.05) is 12.1 Å². The first-order chi connectivity index (χ1) is 14.8. The van der Waals surface area contributed by atoms with Gasteiger partial charge < -0.3 is 4.98 Å². The lowest BCUT2D eigenvalue weighted by molar-refractivity contribution is 0.658. The molecule has 0 saturated heterocycles. The summed E-state index contributed by atoms with van der Waals surface area (Å²) in [4.78, 5) is 16.5. The summed E-state index contributed by atoms with van der Waals surface area (Å²) in [5.41, 5.74) is 5.61. The monoisotopic (exact) mass is 387 g/mol. The zero-order valence-electron chi connectivity index (χ0n) is 16.5. The Hall–Kier alpha value is -3.65. The molecule has 0 spiro atoms. The fourth-order valence-electron chi connectivity index (χ4n) is 5.32. The molecule has 2 heteroatoms. The fourth-order valence-corrected chi connectivity index (χ4v) is 5.32. The molecular formula is C28H21NO. The van der Waals surface area contributed by atoms with Crippen LogP contribution >= 0.6 is 0 Å². The summed E-state index contributed by atoms with van der Waals surface area (Å²) in [6.07, 6.45) is 0.873. The molecule has 1 heterocycles. The molecule has 4 aromatic carbocycles. The van der Waals surface area contributed by atoms with E-state index in [4.69, 9.17) is 0 Å². The van der Waals surface area contributed by atoms with Gasteiger partial charge in [0.1, 0.15) is 0 Å². The molecule has 2 atom stereocenters. The summed E-state index contributed by atoms with van der Waals surface area (Å²) in [5.74, 6) is 0.265. The number of fused-ring (bicyclic) bond motifs is 4. The van der Waals surface area contributed by atoms with Gasteiger partial charge in [-0.1, -0.05) is 91.0 Å². The van der Waals surface area contributed by atoms with Gasteiger partial charge in [0, 0.05) is 22.4 Å². The Morgan fingerprint density at radius 2 is 1.40 bits per heavy atom. The molecule has 0 unspecified atom stereocenters. The van der Waals surface area contributed by atoms with Gasteiger partial charge in [0.2, 0.25) is 0 Å².